The van der Waals surface area contributed by atoms with Crippen LogP contribution >= 0.6 is 0 Å². The highest BCUT2D eigenvalue weighted by Crippen LogP contribution is 2.19. The van der Waals surface area contributed by atoms with Crippen LogP contribution in [0, 0.1) is 12.7 Å². The first kappa shape index (κ1) is 15.0. The second-order valence-electron chi connectivity index (χ2n) is 4.79. The number of hydrogen-bond donors (Lipinski definition) is 1. The fourth-order valence-electron chi connectivity index (χ4n) is 2.12. The van der Waals surface area contributed by atoms with Crippen LogP contribution in [0.2, 0.25) is 0 Å². The quantitative estimate of drug-likeness (QED) is 0.856. The van der Waals surface area contributed by atoms with Crippen molar-refractivity contribution in [3.63, 3.8) is 0 Å². The molecule has 21 heavy (non-hydrogen) atoms. The van der Waals surface area contributed by atoms with Gasteiger partial charge in [-0.1, -0.05) is 30.3 Å². The van der Waals surface area contributed by atoms with Gasteiger partial charge in [0.05, 0.1) is 13.5 Å². The maximum absolute atomic E-state index is 13.5. The number of carbonyl (C=O) groups is 1. The predicted molar refractivity (Wildman–Crippen MR) is 80.6 cm³/mol. The summed E-state index contributed by atoms with van der Waals surface area (Å²) in [7, 11) is 1.37. The lowest BCUT2D eigenvalue weighted by molar-refractivity contribution is -0.139. The van der Waals surface area contributed by atoms with Gasteiger partial charge in [0.25, 0.3) is 0 Å². The van der Waals surface area contributed by atoms with Gasteiger partial charge in [-0.15, -0.1) is 0 Å². The first-order valence-electron chi connectivity index (χ1n) is 6.74. The lowest BCUT2D eigenvalue weighted by Gasteiger charge is -2.13. The normalized spacial score (nSPS) is 10.2. The third kappa shape index (κ3) is 3.81. The summed E-state index contributed by atoms with van der Waals surface area (Å²) >= 11 is 0. The largest absolute Gasteiger partial charge is 0.469 e. The zero-order valence-electron chi connectivity index (χ0n) is 12.2. The molecule has 1 N–H and O–H groups in total. The number of benzene rings is 2. The number of hydrogen-bond acceptors (Lipinski definition) is 3. The Balaban J connectivity index is 2.13. The van der Waals surface area contributed by atoms with Crippen molar-refractivity contribution in [2.45, 2.75) is 19.9 Å². The van der Waals surface area contributed by atoms with E-state index in [4.69, 9.17) is 4.74 Å². The Morgan fingerprint density at radius 3 is 2.57 bits per heavy atom. The van der Waals surface area contributed by atoms with E-state index in [0.717, 1.165) is 16.8 Å². The highest BCUT2D eigenvalue weighted by Gasteiger charge is 2.08. The van der Waals surface area contributed by atoms with Crippen LogP contribution in [0.25, 0.3) is 0 Å². The third-order valence-electron chi connectivity index (χ3n) is 3.42. The highest BCUT2D eigenvalue weighted by atomic mass is 19.1. The van der Waals surface area contributed by atoms with Gasteiger partial charge < -0.3 is 10.1 Å². The highest BCUT2D eigenvalue weighted by molar-refractivity contribution is 5.73. The zero-order valence-corrected chi connectivity index (χ0v) is 12.2. The molecule has 0 heterocycles. The summed E-state index contributed by atoms with van der Waals surface area (Å²) in [6, 6.07) is 12.6. The molecule has 2 aromatic carbocycles. The zero-order chi connectivity index (χ0) is 15.2. The lowest BCUT2D eigenvalue weighted by atomic mass is 10.0. The number of rotatable bonds is 5. The first-order chi connectivity index (χ1) is 10.1. The molecule has 0 saturated heterocycles. The van der Waals surface area contributed by atoms with Crippen LogP contribution in [0.5, 0.6) is 0 Å². The summed E-state index contributed by atoms with van der Waals surface area (Å²) in [4.78, 5) is 11.4. The van der Waals surface area contributed by atoms with Gasteiger partial charge in [0, 0.05) is 17.8 Å². The van der Waals surface area contributed by atoms with Crippen LogP contribution in [0.4, 0.5) is 10.1 Å². The van der Waals surface area contributed by atoms with Gasteiger partial charge in [-0.3, -0.25) is 4.79 Å². The summed E-state index contributed by atoms with van der Waals surface area (Å²) in [6.07, 6.45) is 0.233. The van der Waals surface area contributed by atoms with Crippen LogP contribution in [-0.4, -0.2) is 13.1 Å². The van der Waals surface area contributed by atoms with E-state index in [0.29, 0.717) is 12.1 Å². The molecule has 2 rings (SSSR count). The SMILES string of the molecule is COC(=O)Cc1ccccc1CNc1cccc(F)c1C. The minimum absolute atomic E-state index is 0.233. The van der Waals surface area contributed by atoms with E-state index >= 15 is 0 Å². The van der Waals surface area contributed by atoms with E-state index < -0.39 is 0 Å². The van der Waals surface area contributed by atoms with E-state index in [2.05, 4.69) is 5.32 Å². The van der Waals surface area contributed by atoms with Gasteiger partial charge in [-0.25, -0.2) is 4.39 Å². The third-order valence-corrected chi connectivity index (χ3v) is 3.42. The van der Waals surface area contributed by atoms with Gasteiger partial charge in [-0.05, 0) is 30.2 Å². The molecule has 0 aromatic heterocycles. The summed E-state index contributed by atoms with van der Waals surface area (Å²) in [5, 5.41) is 3.21. The summed E-state index contributed by atoms with van der Waals surface area (Å²) in [5.74, 6) is -0.507. The molecular weight excluding hydrogens is 269 g/mol. The molecule has 0 fully saturated rings. The Labute approximate surface area is 123 Å². The smallest absolute Gasteiger partial charge is 0.309 e. The maximum atomic E-state index is 13.5. The van der Waals surface area contributed by atoms with Crippen molar-refractivity contribution >= 4 is 11.7 Å². The average Bonchev–Trinajstić information content (AvgIpc) is 2.50. The molecule has 0 amide bonds. The standard InChI is InChI=1S/C17H18FNO2/c1-12-15(18)8-5-9-16(12)19-11-14-7-4-3-6-13(14)10-17(20)21-2/h3-9,19H,10-11H2,1-2H3. The molecule has 4 heteroatoms. The molecule has 0 radical (unpaired) electrons. The number of nitrogens with one attached hydrogen (secondary N) is 1. The van der Waals surface area contributed by atoms with E-state index in [-0.39, 0.29) is 18.2 Å². The van der Waals surface area contributed by atoms with E-state index in [1.54, 1.807) is 13.0 Å². The topological polar surface area (TPSA) is 38.3 Å². The van der Waals surface area contributed by atoms with Crippen LogP contribution in [-0.2, 0) is 22.5 Å². The number of carbonyl (C=O) groups excluding carboxylic acids is 1. The van der Waals surface area contributed by atoms with Crippen LogP contribution in [0.15, 0.2) is 42.5 Å². The van der Waals surface area contributed by atoms with Crippen LogP contribution in [0.3, 0.4) is 0 Å². The van der Waals surface area contributed by atoms with Gasteiger partial charge in [-0.2, -0.15) is 0 Å². The minimum atomic E-state index is -0.274. The summed E-state index contributed by atoms with van der Waals surface area (Å²) in [6.45, 7) is 2.26. The first-order valence-corrected chi connectivity index (χ1v) is 6.74. The van der Waals surface area contributed by atoms with Crippen molar-refractivity contribution in [3.05, 3.63) is 65.0 Å². The van der Waals surface area contributed by atoms with E-state index in [9.17, 15) is 9.18 Å². The van der Waals surface area contributed by atoms with E-state index in [1.165, 1.54) is 13.2 Å². The molecule has 0 bridgehead atoms. The monoisotopic (exact) mass is 287 g/mol. The van der Waals surface area contributed by atoms with Gasteiger partial charge in [0.15, 0.2) is 0 Å². The molecule has 0 aliphatic heterocycles. The number of esters is 1. The van der Waals surface area contributed by atoms with Crippen LogP contribution in [0.1, 0.15) is 16.7 Å². The molecule has 0 spiro atoms. The van der Waals surface area contributed by atoms with E-state index in [1.807, 2.05) is 30.3 Å². The van der Waals surface area contributed by atoms with Crippen molar-refractivity contribution in [1.29, 1.82) is 0 Å². The Morgan fingerprint density at radius 2 is 1.86 bits per heavy atom. The van der Waals surface area contributed by atoms with Crippen molar-refractivity contribution in [2.24, 2.45) is 0 Å². The van der Waals surface area contributed by atoms with Crippen LogP contribution < -0.4 is 5.32 Å². The summed E-state index contributed by atoms with van der Waals surface area (Å²) < 4.78 is 18.2. The van der Waals surface area contributed by atoms with Crippen molar-refractivity contribution in [3.8, 4) is 0 Å². The molecule has 3 nitrogen and oxygen atoms in total. The Kier molecular flexibility index (Phi) is 4.93. The molecule has 0 aliphatic carbocycles. The second kappa shape index (κ2) is 6.88. The second-order valence-corrected chi connectivity index (χ2v) is 4.79. The van der Waals surface area contributed by atoms with Gasteiger partial charge in [0.1, 0.15) is 5.82 Å². The Morgan fingerprint density at radius 1 is 1.14 bits per heavy atom. The van der Waals surface area contributed by atoms with Crippen molar-refractivity contribution < 1.29 is 13.9 Å². The molecule has 2 aromatic rings. The van der Waals surface area contributed by atoms with Gasteiger partial charge in [0.2, 0.25) is 0 Å². The molecule has 0 unspecified atom stereocenters. The Bertz CT molecular complexity index is 640. The molecule has 110 valence electrons. The van der Waals surface area contributed by atoms with Crippen molar-refractivity contribution in [1.82, 2.24) is 0 Å². The molecule has 0 atom stereocenters. The lowest BCUT2D eigenvalue weighted by Crippen LogP contribution is -2.09. The number of halogens is 1. The van der Waals surface area contributed by atoms with Crippen molar-refractivity contribution in [2.75, 3.05) is 12.4 Å². The molecule has 0 aliphatic rings. The molecular formula is C17H18FNO2. The van der Waals surface area contributed by atoms with Gasteiger partial charge >= 0.3 is 5.97 Å². The predicted octanol–water partition coefficient (Wildman–Crippen LogP) is 3.46. The fraction of sp³-hybridized carbons (Fsp3) is 0.235. The minimum Gasteiger partial charge on any atom is -0.469 e. The maximum Gasteiger partial charge on any atom is 0.309 e. The fourth-order valence-corrected chi connectivity index (χ4v) is 2.12. The molecule has 0 saturated carbocycles. The average molecular weight is 287 g/mol. The summed E-state index contributed by atoms with van der Waals surface area (Å²) in [5.41, 5.74) is 3.24. The number of methoxy groups -OCH3 is 1. The number of anilines is 1. The number of ether oxygens (including phenoxy) is 1. The Hall–Kier alpha value is -2.36.